The first kappa shape index (κ1) is 14.6. The van der Waals surface area contributed by atoms with Crippen LogP contribution in [0.3, 0.4) is 0 Å². The van der Waals surface area contributed by atoms with Gasteiger partial charge in [-0.15, -0.1) is 5.10 Å². The van der Waals surface area contributed by atoms with Crippen LogP contribution in [0.1, 0.15) is 0 Å². The van der Waals surface area contributed by atoms with Crippen molar-refractivity contribution in [2.45, 2.75) is 6.54 Å². The highest BCUT2D eigenvalue weighted by atomic mass is 16.2. The molecular weight excluding hydrogens is 304 g/mol. The van der Waals surface area contributed by atoms with E-state index in [9.17, 15) is 14.4 Å². The molecule has 23 heavy (non-hydrogen) atoms. The van der Waals surface area contributed by atoms with Gasteiger partial charge in [-0.25, -0.2) is 19.3 Å². The third-order valence-corrected chi connectivity index (χ3v) is 3.24. The molecular formula is C12H12N8O3. The van der Waals surface area contributed by atoms with Crippen molar-refractivity contribution in [3.63, 3.8) is 0 Å². The highest BCUT2D eigenvalue weighted by molar-refractivity contribution is 5.88. The van der Waals surface area contributed by atoms with E-state index < -0.39 is 23.7 Å². The van der Waals surface area contributed by atoms with Crippen LogP contribution in [0.25, 0.3) is 11.2 Å². The van der Waals surface area contributed by atoms with Crippen molar-refractivity contribution < 1.29 is 4.79 Å². The number of aryl methyl sites for hydroxylation is 2. The number of carbonyl (C=O) groups is 1. The molecule has 3 rings (SSSR count). The molecule has 3 heterocycles. The van der Waals surface area contributed by atoms with E-state index in [1.165, 1.54) is 34.9 Å². The number of nitrogens with one attached hydrogen (secondary N) is 1. The second-order valence-electron chi connectivity index (χ2n) is 4.78. The van der Waals surface area contributed by atoms with Crippen LogP contribution in [0.2, 0.25) is 0 Å². The van der Waals surface area contributed by atoms with Crippen LogP contribution < -0.4 is 16.6 Å². The Labute approximate surface area is 128 Å². The highest BCUT2D eigenvalue weighted by Gasteiger charge is 2.17. The molecule has 3 aromatic rings. The molecule has 11 heteroatoms. The molecule has 0 atom stereocenters. The Balaban J connectivity index is 2.00. The number of hydrogen-bond acceptors (Lipinski definition) is 7. The molecule has 0 spiro atoms. The van der Waals surface area contributed by atoms with Gasteiger partial charge in [-0.1, -0.05) is 0 Å². The summed E-state index contributed by atoms with van der Waals surface area (Å²) >= 11 is 0. The smallest absolute Gasteiger partial charge is 0.328 e. The number of fused-ring (bicyclic) bond motifs is 1. The topological polar surface area (TPSA) is 130 Å². The molecule has 0 aliphatic heterocycles. The fraction of sp³-hybridized carbons (Fsp3) is 0.250. The van der Waals surface area contributed by atoms with Crippen molar-refractivity contribution in [1.29, 1.82) is 0 Å². The molecule has 0 bridgehead atoms. The van der Waals surface area contributed by atoms with Crippen LogP contribution in [0.15, 0.2) is 28.3 Å². The zero-order valence-electron chi connectivity index (χ0n) is 12.3. The van der Waals surface area contributed by atoms with E-state index >= 15 is 0 Å². The van der Waals surface area contributed by atoms with Crippen molar-refractivity contribution in [3.05, 3.63) is 39.6 Å². The predicted molar refractivity (Wildman–Crippen MR) is 78.7 cm³/mol. The summed E-state index contributed by atoms with van der Waals surface area (Å²) in [6, 6.07) is 0. The lowest BCUT2D eigenvalue weighted by Gasteiger charge is -2.08. The standard InChI is InChI=1S/C12H12N8O3/c1-18-6-14-9-8(18)10(22)20(12(23)19(9)2)5-7(21)16-11-13-3-4-15-17-11/h3-4,6H,5H2,1-2H3,(H,13,16,17,21). The van der Waals surface area contributed by atoms with Gasteiger partial charge < -0.3 is 4.57 Å². The van der Waals surface area contributed by atoms with E-state index in [4.69, 9.17) is 0 Å². The van der Waals surface area contributed by atoms with E-state index in [0.717, 1.165) is 4.57 Å². The SMILES string of the molecule is Cn1cnc2c1c(=O)n(CC(=O)Nc1nccnn1)c(=O)n2C. The molecule has 0 aliphatic rings. The minimum absolute atomic E-state index is 0.0102. The van der Waals surface area contributed by atoms with Gasteiger partial charge in [-0.2, -0.15) is 5.10 Å². The predicted octanol–water partition coefficient (Wildman–Crippen LogP) is -1.74. The number of hydrogen-bond donors (Lipinski definition) is 1. The van der Waals surface area contributed by atoms with Crippen molar-refractivity contribution in [2.24, 2.45) is 14.1 Å². The molecule has 3 aromatic heterocycles. The first-order chi connectivity index (χ1) is 11.0. The van der Waals surface area contributed by atoms with E-state index in [1.54, 1.807) is 7.05 Å². The lowest BCUT2D eigenvalue weighted by atomic mass is 10.4. The van der Waals surface area contributed by atoms with Crippen LogP contribution in [-0.4, -0.2) is 39.8 Å². The van der Waals surface area contributed by atoms with E-state index in [-0.39, 0.29) is 17.1 Å². The van der Waals surface area contributed by atoms with Gasteiger partial charge in [0.2, 0.25) is 11.9 Å². The van der Waals surface area contributed by atoms with Crippen molar-refractivity contribution in [3.8, 4) is 0 Å². The maximum Gasteiger partial charge on any atom is 0.332 e. The second kappa shape index (κ2) is 5.44. The maximum absolute atomic E-state index is 12.4. The van der Waals surface area contributed by atoms with E-state index in [1.807, 2.05) is 0 Å². The molecule has 0 saturated carbocycles. The first-order valence-corrected chi connectivity index (χ1v) is 6.53. The molecule has 1 amide bonds. The molecule has 0 saturated heterocycles. The highest BCUT2D eigenvalue weighted by Crippen LogP contribution is 2.03. The van der Waals surface area contributed by atoms with E-state index in [2.05, 4.69) is 25.5 Å². The van der Waals surface area contributed by atoms with E-state index in [0.29, 0.717) is 0 Å². The molecule has 118 valence electrons. The molecule has 0 aromatic carbocycles. The fourth-order valence-corrected chi connectivity index (χ4v) is 2.15. The van der Waals surface area contributed by atoms with Gasteiger partial charge in [-0.05, 0) is 0 Å². The number of carbonyl (C=O) groups excluding carboxylic acids is 1. The number of imidazole rings is 1. The summed E-state index contributed by atoms with van der Waals surface area (Å²) in [5.74, 6) is -0.622. The van der Waals surface area contributed by atoms with Crippen molar-refractivity contribution >= 4 is 23.0 Å². The lowest BCUT2D eigenvalue weighted by molar-refractivity contribution is -0.116. The van der Waals surface area contributed by atoms with Gasteiger partial charge in [0.25, 0.3) is 5.56 Å². The molecule has 0 radical (unpaired) electrons. The van der Waals surface area contributed by atoms with Crippen LogP contribution in [0.4, 0.5) is 5.95 Å². The summed E-state index contributed by atoms with van der Waals surface area (Å²) in [5.41, 5.74) is -0.735. The third-order valence-electron chi connectivity index (χ3n) is 3.24. The third kappa shape index (κ3) is 2.47. The number of anilines is 1. The van der Waals surface area contributed by atoms with Gasteiger partial charge in [0.05, 0.1) is 18.7 Å². The summed E-state index contributed by atoms with van der Waals surface area (Å²) in [5, 5.41) is 9.53. The Morgan fingerprint density at radius 2 is 2.00 bits per heavy atom. The molecule has 11 nitrogen and oxygen atoms in total. The van der Waals surface area contributed by atoms with Crippen LogP contribution in [-0.2, 0) is 25.4 Å². The van der Waals surface area contributed by atoms with Gasteiger partial charge in [-0.3, -0.25) is 19.5 Å². The summed E-state index contributed by atoms with van der Waals surface area (Å²) in [4.78, 5) is 44.5. The Kier molecular flexibility index (Phi) is 3.44. The zero-order valence-corrected chi connectivity index (χ0v) is 12.3. The molecule has 0 aliphatic carbocycles. The zero-order chi connectivity index (χ0) is 16.6. The van der Waals surface area contributed by atoms with Crippen molar-refractivity contribution in [2.75, 3.05) is 5.32 Å². The largest absolute Gasteiger partial charge is 0.332 e. The Hall–Kier alpha value is -3.37. The molecule has 0 unspecified atom stereocenters. The monoisotopic (exact) mass is 316 g/mol. The minimum Gasteiger partial charge on any atom is -0.328 e. The average molecular weight is 316 g/mol. The summed E-state index contributed by atoms with van der Waals surface area (Å²) in [6.45, 7) is -0.467. The van der Waals surface area contributed by atoms with Gasteiger partial charge in [0.15, 0.2) is 11.2 Å². The number of aromatic nitrogens is 7. The Morgan fingerprint density at radius 3 is 2.70 bits per heavy atom. The summed E-state index contributed by atoms with van der Waals surface area (Å²) < 4.78 is 3.54. The fourth-order valence-electron chi connectivity index (χ4n) is 2.15. The molecule has 0 fully saturated rings. The maximum atomic E-state index is 12.4. The first-order valence-electron chi connectivity index (χ1n) is 6.53. The number of rotatable bonds is 3. The van der Waals surface area contributed by atoms with Gasteiger partial charge in [0, 0.05) is 14.1 Å². The second-order valence-corrected chi connectivity index (χ2v) is 4.78. The Morgan fingerprint density at radius 1 is 1.22 bits per heavy atom. The lowest BCUT2D eigenvalue weighted by Crippen LogP contribution is -2.42. The van der Waals surface area contributed by atoms with Gasteiger partial charge >= 0.3 is 5.69 Å². The quantitative estimate of drug-likeness (QED) is 0.607. The van der Waals surface area contributed by atoms with Crippen LogP contribution in [0.5, 0.6) is 0 Å². The minimum atomic E-state index is -0.636. The summed E-state index contributed by atoms with van der Waals surface area (Å²) in [6.07, 6.45) is 4.14. The van der Waals surface area contributed by atoms with Crippen LogP contribution >= 0.6 is 0 Å². The van der Waals surface area contributed by atoms with Crippen molar-refractivity contribution in [1.82, 2.24) is 33.9 Å². The number of nitrogens with zero attached hydrogens (tertiary/aromatic N) is 7. The molecule has 1 N–H and O–H groups in total. The number of amides is 1. The van der Waals surface area contributed by atoms with Gasteiger partial charge in [0.1, 0.15) is 6.54 Å². The Bertz CT molecular complexity index is 1000. The average Bonchev–Trinajstić information content (AvgIpc) is 2.92. The van der Waals surface area contributed by atoms with Crippen LogP contribution in [0, 0.1) is 0 Å². The summed E-state index contributed by atoms with van der Waals surface area (Å²) in [7, 11) is 3.12. The normalized spacial score (nSPS) is 10.9.